The number of nitrogens with zero attached hydrogens (tertiary/aromatic N) is 2. The Hall–Kier alpha value is -1.58. The molecule has 0 bridgehead atoms. The number of anilines is 1. The maximum atomic E-state index is 8.56. The lowest BCUT2D eigenvalue weighted by atomic mass is 10.2. The fourth-order valence-electron chi connectivity index (χ4n) is 0.991. The zero-order valence-electron chi connectivity index (χ0n) is 7.78. The summed E-state index contributed by atoms with van der Waals surface area (Å²) in [6.45, 7) is 4.57. The van der Waals surface area contributed by atoms with E-state index < -0.39 is 0 Å². The zero-order valence-corrected chi connectivity index (χ0v) is 7.78. The molecule has 0 aromatic carbocycles. The SMILES string of the molecule is CCNc1cc(/C(C)=N/O)ccn1. The molecule has 0 atom stereocenters. The number of aromatic nitrogens is 1. The summed E-state index contributed by atoms with van der Waals surface area (Å²) in [7, 11) is 0. The van der Waals surface area contributed by atoms with Crippen LogP contribution >= 0.6 is 0 Å². The highest BCUT2D eigenvalue weighted by atomic mass is 16.4. The molecule has 0 unspecified atom stereocenters. The first-order chi connectivity index (χ1) is 6.27. The summed E-state index contributed by atoms with van der Waals surface area (Å²) in [6.07, 6.45) is 1.68. The van der Waals surface area contributed by atoms with Crippen molar-refractivity contribution in [2.24, 2.45) is 5.16 Å². The second-order valence-electron chi connectivity index (χ2n) is 2.65. The molecule has 1 aromatic rings. The minimum atomic E-state index is 0.585. The Balaban J connectivity index is 2.91. The van der Waals surface area contributed by atoms with Crippen molar-refractivity contribution in [3.8, 4) is 0 Å². The first-order valence-electron chi connectivity index (χ1n) is 4.17. The summed E-state index contributed by atoms with van der Waals surface area (Å²) in [4.78, 5) is 4.10. The average Bonchev–Trinajstić information content (AvgIpc) is 2.18. The summed E-state index contributed by atoms with van der Waals surface area (Å²) in [5, 5.41) is 14.8. The van der Waals surface area contributed by atoms with Crippen molar-refractivity contribution in [3.63, 3.8) is 0 Å². The van der Waals surface area contributed by atoms with Crippen molar-refractivity contribution < 1.29 is 5.21 Å². The molecule has 0 saturated heterocycles. The first kappa shape index (κ1) is 9.51. The van der Waals surface area contributed by atoms with Crippen molar-refractivity contribution in [2.45, 2.75) is 13.8 Å². The first-order valence-corrected chi connectivity index (χ1v) is 4.17. The van der Waals surface area contributed by atoms with Gasteiger partial charge in [-0.25, -0.2) is 4.98 Å². The molecule has 0 aliphatic heterocycles. The summed E-state index contributed by atoms with van der Waals surface area (Å²) in [5.74, 6) is 0.794. The van der Waals surface area contributed by atoms with Crippen molar-refractivity contribution >= 4 is 11.5 Å². The molecule has 0 aliphatic rings. The molecule has 0 radical (unpaired) electrons. The van der Waals surface area contributed by atoms with E-state index in [1.54, 1.807) is 19.2 Å². The highest BCUT2D eigenvalue weighted by molar-refractivity contribution is 5.98. The third-order valence-corrected chi connectivity index (χ3v) is 1.69. The van der Waals surface area contributed by atoms with Gasteiger partial charge in [-0.1, -0.05) is 5.16 Å². The van der Waals surface area contributed by atoms with Gasteiger partial charge in [-0.3, -0.25) is 0 Å². The van der Waals surface area contributed by atoms with E-state index in [-0.39, 0.29) is 0 Å². The number of pyridine rings is 1. The Morgan fingerprint density at radius 1 is 1.69 bits per heavy atom. The maximum absolute atomic E-state index is 8.56. The van der Waals surface area contributed by atoms with E-state index in [0.717, 1.165) is 17.9 Å². The lowest BCUT2D eigenvalue weighted by Crippen LogP contribution is -2.01. The van der Waals surface area contributed by atoms with E-state index in [9.17, 15) is 0 Å². The molecule has 13 heavy (non-hydrogen) atoms. The second-order valence-corrected chi connectivity index (χ2v) is 2.65. The van der Waals surface area contributed by atoms with Crippen LogP contribution in [0.25, 0.3) is 0 Å². The van der Waals surface area contributed by atoms with E-state index in [0.29, 0.717) is 5.71 Å². The van der Waals surface area contributed by atoms with Crippen molar-refractivity contribution in [1.82, 2.24) is 4.98 Å². The maximum Gasteiger partial charge on any atom is 0.126 e. The minimum absolute atomic E-state index is 0.585. The third kappa shape index (κ3) is 2.43. The van der Waals surface area contributed by atoms with Crippen LogP contribution in [-0.4, -0.2) is 22.4 Å². The highest BCUT2D eigenvalue weighted by Gasteiger charge is 1.99. The third-order valence-electron chi connectivity index (χ3n) is 1.69. The Bertz CT molecular complexity index is 309. The van der Waals surface area contributed by atoms with E-state index in [2.05, 4.69) is 15.5 Å². The van der Waals surface area contributed by atoms with Crippen LogP contribution < -0.4 is 5.32 Å². The van der Waals surface area contributed by atoms with Crippen LogP contribution in [0.3, 0.4) is 0 Å². The van der Waals surface area contributed by atoms with Gasteiger partial charge in [-0.15, -0.1) is 0 Å². The van der Waals surface area contributed by atoms with Crippen LogP contribution in [0, 0.1) is 0 Å². The van der Waals surface area contributed by atoms with Gasteiger partial charge < -0.3 is 10.5 Å². The van der Waals surface area contributed by atoms with Gasteiger partial charge in [0.2, 0.25) is 0 Å². The predicted molar refractivity (Wildman–Crippen MR) is 52.4 cm³/mol. The summed E-state index contributed by atoms with van der Waals surface area (Å²) >= 11 is 0. The number of oxime groups is 1. The molecule has 2 N–H and O–H groups in total. The van der Waals surface area contributed by atoms with E-state index in [1.807, 2.05) is 13.0 Å². The molecule has 0 fully saturated rings. The fraction of sp³-hybridized carbons (Fsp3) is 0.333. The Morgan fingerprint density at radius 2 is 2.46 bits per heavy atom. The quantitative estimate of drug-likeness (QED) is 0.422. The van der Waals surface area contributed by atoms with Crippen LogP contribution in [0.15, 0.2) is 23.5 Å². The number of hydrogen-bond acceptors (Lipinski definition) is 4. The van der Waals surface area contributed by atoms with Crippen molar-refractivity contribution in [1.29, 1.82) is 0 Å². The molecule has 0 saturated carbocycles. The molecular formula is C9H13N3O. The number of rotatable bonds is 3. The number of nitrogens with one attached hydrogen (secondary N) is 1. The summed E-state index contributed by atoms with van der Waals surface area (Å²) in [5.41, 5.74) is 1.45. The van der Waals surface area contributed by atoms with E-state index in [4.69, 9.17) is 5.21 Å². The monoisotopic (exact) mass is 179 g/mol. The molecule has 1 aromatic heterocycles. The standard InChI is InChI=1S/C9H13N3O/c1-3-10-9-6-8(4-5-11-9)7(2)12-13/h4-6,13H,3H2,1-2H3,(H,10,11)/b12-7+. The van der Waals surface area contributed by atoms with Gasteiger partial charge >= 0.3 is 0 Å². The molecular weight excluding hydrogens is 166 g/mol. The Kier molecular flexibility index (Phi) is 3.25. The van der Waals surface area contributed by atoms with Gasteiger partial charge in [0.1, 0.15) is 5.82 Å². The number of hydrogen-bond donors (Lipinski definition) is 2. The molecule has 4 heteroatoms. The average molecular weight is 179 g/mol. The Labute approximate surface area is 77.3 Å². The largest absolute Gasteiger partial charge is 0.411 e. The highest BCUT2D eigenvalue weighted by Crippen LogP contribution is 2.07. The van der Waals surface area contributed by atoms with Gasteiger partial charge in [0.05, 0.1) is 5.71 Å². The molecule has 1 rings (SSSR count). The van der Waals surface area contributed by atoms with E-state index >= 15 is 0 Å². The van der Waals surface area contributed by atoms with Gasteiger partial charge in [-0.2, -0.15) is 0 Å². The Morgan fingerprint density at radius 3 is 3.08 bits per heavy atom. The lowest BCUT2D eigenvalue weighted by Gasteiger charge is -2.03. The summed E-state index contributed by atoms with van der Waals surface area (Å²) < 4.78 is 0. The van der Waals surface area contributed by atoms with Crippen molar-refractivity contribution in [2.75, 3.05) is 11.9 Å². The topological polar surface area (TPSA) is 57.5 Å². The molecule has 1 heterocycles. The summed E-state index contributed by atoms with van der Waals surface area (Å²) in [6, 6.07) is 3.65. The fourth-order valence-corrected chi connectivity index (χ4v) is 0.991. The van der Waals surface area contributed by atoms with Crippen LogP contribution in [0.1, 0.15) is 19.4 Å². The van der Waals surface area contributed by atoms with Crippen LogP contribution in [0.2, 0.25) is 0 Å². The van der Waals surface area contributed by atoms with Gasteiger partial charge in [-0.05, 0) is 26.0 Å². The zero-order chi connectivity index (χ0) is 9.68. The van der Waals surface area contributed by atoms with E-state index in [1.165, 1.54) is 0 Å². The second kappa shape index (κ2) is 4.45. The molecule has 70 valence electrons. The van der Waals surface area contributed by atoms with Crippen LogP contribution in [0.5, 0.6) is 0 Å². The van der Waals surface area contributed by atoms with Crippen LogP contribution in [0.4, 0.5) is 5.82 Å². The minimum Gasteiger partial charge on any atom is -0.411 e. The van der Waals surface area contributed by atoms with Gasteiger partial charge in [0.15, 0.2) is 0 Å². The predicted octanol–water partition coefficient (Wildman–Crippen LogP) is 1.71. The normalized spacial score (nSPS) is 11.4. The smallest absolute Gasteiger partial charge is 0.126 e. The van der Waals surface area contributed by atoms with Crippen LogP contribution in [-0.2, 0) is 0 Å². The lowest BCUT2D eigenvalue weighted by molar-refractivity contribution is 0.319. The van der Waals surface area contributed by atoms with Gasteiger partial charge in [0.25, 0.3) is 0 Å². The van der Waals surface area contributed by atoms with Crippen molar-refractivity contribution in [3.05, 3.63) is 23.9 Å². The molecule has 0 aliphatic carbocycles. The van der Waals surface area contributed by atoms with Gasteiger partial charge in [0, 0.05) is 18.3 Å². The molecule has 0 amide bonds. The molecule has 0 spiro atoms. The molecule has 4 nitrogen and oxygen atoms in total.